The average molecular weight is 267 g/mol. The average Bonchev–Trinajstić information content (AvgIpc) is 2.74. The monoisotopic (exact) mass is 267 g/mol. The first kappa shape index (κ1) is 13.2. The number of benzene rings is 1. The number of aliphatic carboxylic acids is 1. The largest absolute Gasteiger partial charge is 0.479 e. The predicted octanol–water partition coefficient (Wildman–Crippen LogP) is 1.82. The Kier molecular flexibility index (Phi) is 3.33. The Labute approximate surface area is 107 Å². The van der Waals surface area contributed by atoms with E-state index in [-0.39, 0.29) is 12.1 Å². The van der Waals surface area contributed by atoms with Crippen LogP contribution in [0.5, 0.6) is 0 Å². The molecular formula is C13H11F2NO3. The molecule has 2 rings (SSSR count). The Balaban J connectivity index is 2.29. The van der Waals surface area contributed by atoms with Crippen molar-refractivity contribution in [2.45, 2.75) is 13.0 Å². The third-order valence-electron chi connectivity index (χ3n) is 3.01. The van der Waals surface area contributed by atoms with Crippen molar-refractivity contribution in [1.29, 1.82) is 0 Å². The van der Waals surface area contributed by atoms with Gasteiger partial charge in [0.05, 0.1) is 0 Å². The number of amides is 1. The summed E-state index contributed by atoms with van der Waals surface area (Å²) in [6.45, 7) is 1.75. The number of carbonyl (C=O) groups excluding carboxylic acids is 1. The van der Waals surface area contributed by atoms with Crippen molar-refractivity contribution >= 4 is 11.9 Å². The summed E-state index contributed by atoms with van der Waals surface area (Å²) in [5.41, 5.74) is 0.469. The van der Waals surface area contributed by atoms with Crippen LogP contribution in [0.25, 0.3) is 0 Å². The van der Waals surface area contributed by atoms with Crippen molar-refractivity contribution < 1.29 is 23.5 Å². The van der Waals surface area contributed by atoms with E-state index in [1.807, 2.05) is 0 Å². The number of rotatable bonds is 2. The Morgan fingerprint density at radius 1 is 1.32 bits per heavy atom. The molecule has 1 heterocycles. The first-order chi connectivity index (χ1) is 8.91. The molecular weight excluding hydrogens is 256 g/mol. The molecule has 1 unspecified atom stereocenters. The molecule has 1 aliphatic rings. The van der Waals surface area contributed by atoms with Crippen LogP contribution in [-0.4, -0.2) is 34.5 Å². The minimum atomic E-state index is -1.15. The van der Waals surface area contributed by atoms with Gasteiger partial charge in [0.1, 0.15) is 0 Å². The van der Waals surface area contributed by atoms with E-state index in [1.54, 1.807) is 13.0 Å². The smallest absolute Gasteiger partial charge is 0.330 e. The van der Waals surface area contributed by atoms with Gasteiger partial charge < -0.3 is 10.0 Å². The summed E-state index contributed by atoms with van der Waals surface area (Å²) < 4.78 is 25.9. The second kappa shape index (κ2) is 4.79. The maximum Gasteiger partial charge on any atom is 0.330 e. The SMILES string of the molecule is CC1=CCN(C(=O)c2ccc(F)c(F)c2)C1C(=O)O. The number of carboxylic acid groups (broad SMARTS) is 1. The van der Waals surface area contributed by atoms with Gasteiger partial charge in [-0.2, -0.15) is 0 Å². The van der Waals surface area contributed by atoms with Gasteiger partial charge in [-0.3, -0.25) is 4.79 Å². The number of nitrogens with zero attached hydrogens (tertiary/aromatic N) is 1. The van der Waals surface area contributed by atoms with Crippen LogP contribution in [0.4, 0.5) is 8.78 Å². The van der Waals surface area contributed by atoms with Crippen molar-refractivity contribution in [2.24, 2.45) is 0 Å². The van der Waals surface area contributed by atoms with Gasteiger partial charge in [-0.05, 0) is 30.7 Å². The maximum absolute atomic E-state index is 13.1. The van der Waals surface area contributed by atoms with E-state index in [0.717, 1.165) is 23.1 Å². The molecule has 1 aromatic carbocycles. The fourth-order valence-corrected chi connectivity index (χ4v) is 2.03. The van der Waals surface area contributed by atoms with E-state index < -0.39 is 29.6 Å². The summed E-state index contributed by atoms with van der Waals surface area (Å²) in [7, 11) is 0. The third kappa shape index (κ3) is 2.33. The molecule has 19 heavy (non-hydrogen) atoms. The second-order valence-electron chi connectivity index (χ2n) is 4.28. The van der Waals surface area contributed by atoms with Crippen molar-refractivity contribution in [3.05, 3.63) is 47.0 Å². The summed E-state index contributed by atoms with van der Waals surface area (Å²) in [5, 5.41) is 9.08. The zero-order valence-corrected chi connectivity index (χ0v) is 10.1. The minimum Gasteiger partial charge on any atom is -0.479 e. The van der Waals surface area contributed by atoms with Gasteiger partial charge in [-0.1, -0.05) is 6.08 Å². The van der Waals surface area contributed by atoms with Crippen LogP contribution in [0.1, 0.15) is 17.3 Å². The molecule has 1 amide bonds. The van der Waals surface area contributed by atoms with Crippen molar-refractivity contribution in [3.63, 3.8) is 0 Å². The molecule has 6 heteroatoms. The van der Waals surface area contributed by atoms with Gasteiger partial charge in [-0.15, -0.1) is 0 Å². The van der Waals surface area contributed by atoms with E-state index in [0.29, 0.717) is 5.57 Å². The molecule has 0 spiro atoms. The van der Waals surface area contributed by atoms with E-state index >= 15 is 0 Å². The van der Waals surface area contributed by atoms with Gasteiger partial charge in [-0.25, -0.2) is 13.6 Å². The minimum absolute atomic E-state index is 0.0757. The van der Waals surface area contributed by atoms with Crippen LogP contribution in [-0.2, 0) is 4.79 Å². The van der Waals surface area contributed by atoms with Gasteiger partial charge in [0.25, 0.3) is 5.91 Å². The molecule has 0 fully saturated rings. The number of carbonyl (C=O) groups is 2. The lowest BCUT2D eigenvalue weighted by Crippen LogP contribution is -2.42. The van der Waals surface area contributed by atoms with Crippen molar-refractivity contribution in [1.82, 2.24) is 4.90 Å². The molecule has 1 aromatic rings. The highest BCUT2D eigenvalue weighted by Gasteiger charge is 2.34. The van der Waals surface area contributed by atoms with Crippen LogP contribution in [0.15, 0.2) is 29.8 Å². The molecule has 100 valence electrons. The van der Waals surface area contributed by atoms with Gasteiger partial charge >= 0.3 is 5.97 Å². The predicted molar refractivity (Wildman–Crippen MR) is 62.6 cm³/mol. The maximum atomic E-state index is 13.1. The normalized spacial score (nSPS) is 18.4. The molecule has 0 aliphatic carbocycles. The Morgan fingerprint density at radius 2 is 2.00 bits per heavy atom. The number of halogens is 2. The van der Waals surface area contributed by atoms with Crippen molar-refractivity contribution in [2.75, 3.05) is 6.54 Å². The zero-order valence-electron chi connectivity index (χ0n) is 10.1. The fourth-order valence-electron chi connectivity index (χ4n) is 2.03. The van der Waals surface area contributed by atoms with Crippen LogP contribution >= 0.6 is 0 Å². The summed E-state index contributed by atoms with van der Waals surface area (Å²) in [6, 6.07) is 1.69. The molecule has 4 nitrogen and oxygen atoms in total. The number of carboxylic acids is 1. The van der Waals surface area contributed by atoms with Crippen LogP contribution in [0, 0.1) is 11.6 Å². The fraction of sp³-hybridized carbons (Fsp3) is 0.231. The molecule has 0 bridgehead atoms. The summed E-state index contributed by atoms with van der Waals surface area (Å²) in [6.07, 6.45) is 1.62. The van der Waals surface area contributed by atoms with Crippen LogP contribution in [0.2, 0.25) is 0 Å². The van der Waals surface area contributed by atoms with E-state index in [9.17, 15) is 18.4 Å². The molecule has 0 saturated heterocycles. The Morgan fingerprint density at radius 3 is 2.58 bits per heavy atom. The van der Waals surface area contributed by atoms with Crippen LogP contribution in [0.3, 0.4) is 0 Å². The van der Waals surface area contributed by atoms with Gasteiger partial charge in [0.2, 0.25) is 0 Å². The summed E-state index contributed by atoms with van der Waals surface area (Å²) in [4.78, 5) is 24.3. The lowest BCUT2D eigenvalue weighted by atomic mass is 10.1. The van der Waals surface area contributed by atoms with Crippen molar-refractivity contribution in [3.8, 4) is 0 Å². The number of hydrogen-bond acceptors (Lipinski definition) is 2. The molecule has 1 atom stereocenters. The zero-order chi connectivity index (χ0) is 14.2. The third-order valence-corrected chi connectivity index (χ3v) is 3.01. The molecule has 0 radical (unpaired) electrons. The van der Waals surface area contributed by atoms with E-state index in [2.05, 4.69) is 0 Å². The Hall–Kier alpha value is -2.24. The second-order valence-corrected chi connectivity index (χ2v) is 4.28. The molecule has 0 aromatic heterocycles. The van der Waals surface area contributed by atoms with E-state index in [1.165, 1.54) is 0 Å². The topological polar surface area (TPSA) is 57.6 Å². The standard InChI is InChI=1S/C13H11F2NO3/c1-7-4-5-16(11(7)13(18)19)12(17)8-2-3-9(14)10(15)6-8/h2-4,6,11H,5H2,1H3,(H,18,19). The highest BCUT2D eigenvalue weighted by molar-refractivity contribution is 5.98. The van der Waals surface area contributed by atoms with E-state index in [4.69, 9.17) is 5.11 Å². The molecule has 0 saturated carbocycles. The van der Waals surface area contributed by atoms with Gasteiger partial charge in [0, 0.05) is 12.1 Å². The Bertz CT molecular complexity index is 583. The lowest BCUT2D eigenvalue weighted by Gasteiger charge is -2.23. The van der Waals surface area contributed by atoms with Crippen LogP contribution < -0.4 is 0 Å². The summed E-state index contributed by atoms with van der Waals surface area (Å²) >= 11 is 0. The first-order valence-corrected chi connectivity index (χ1v) is 5.57. The highest BCUT2D eigenvalue weighted by atomic mass is 19.2. The lowest BCUT2D eigenvalue weighted by molar-refractivity contribution is -0.140. The summed E-state index contributed by atoms with van der Waals surface area (Å²) in [5.74, 6) is -3.98. The molecule has 1 N–H and O–H groups in total. The first-order valence-electron chi connectivity index (χ1n) is 5.57. The highest BCUT2D eigenvalue weighted by Crippen LogP contribution is 2.21. The van der Waals surface area contributed by atoms with Gasteiger partial charge in [0.15, 0.2) is 17.7 Å². The quantitative estimate of drug-likeness (QED) is 0.831. The number of hydrogen-bond donors (Lipinski definition) is 1. The molecule has 1 aliphatic heterocycles.